The lowest BCUT2D eigenvalue weighted by Crippen LogP contribution is -2.38. The van der Waals surface area contributed by atoms with E-state index in [2.05, 4.69) is 10.2 Å². The van der Waals surface area contributed by atoms with Crippen LogP contribution in [0, 0.1) is 0 Å². The minimum absolute atomic E-state index is 0.0135. The highest BCUT2D eigenvalue weighted by molar-refractivity contribution is 5.94. The molecule has 28 heavy (non-hydrogen) atoms. The minimum atomic E-state index is -0.110. The molecule has 0 spiro atoms. The average Bonchev–Trinajstić information content (AvgIpc) is 3.19. The van der Waals surface area contributed by atoms with Crippen LogP contribution in [0.3, 0.4) is 0 Å². The fourth-order valence-electron chi connectivity index (χ4n) is 3.24. The summed E-state index contributed by atoms with van der Waals surface area (Å²) in [6.07, 6.45) is 4.96. The number of carbonyl (C=O) groups is 2. The van der Waals surface area contributed by atoms with Crippen molar-refractivity contribution in [3.8, 4) is 5.75 Å². The number of aromatic nitrogens is 3. The summed E-state index contributed by atoms with van der Waals surface area (Å²) < 4.78 is 7.50. The predicted octanol–water partition coefficient (Wildman–Crippen LogP) is 1.96. The monoisotopic (exact) mass is 385 g/mol. The molecule has 0 unspecified atom stereocenters. The lowest BCUT2D eigenvalue weighted by Gasteiger charge is -2.26. The normalized spacial score (nSPS) is 14.0. The lowest BCUT2D eigenvalue weighted by atomic mass is 10.1. The van der Waals surface area contributed by atoms with E-state index in [0.717, 1.165) is 38.3 Å². The summed E-state index contributed by atoms with van der Waals surface area (Å²) >= 11 is 0. The molecule has 1 saturated heterocycles. The van der Waals surface area contributed by atoms with Gasteiger partial charge in [0.25, 0.3) is 11.8 Å². The molecule has 0 saturated carbocycles. The van der Waals surface area contributed by atoms with Crippen LogP contribution in [0.25, 0.3) is 0 Å². The maximum atomic E-state index is 12.6. The number of piperidine rings is 1. The van der Waals surface area contributed by atoms with Crippen LogP contribution in [0.5, 0.6) is 5.75 Å². The summed E-state index contributed by atoms with van der Waals surface area (Å²) in [5.41, 5.74) is 0.555. The molecular weight excluding hydrogens is 358 g/mol. The Hall–Kier alpha value is -2.90. The van der Waals surface area contributed by atoms with E-state index in [-0.39, 0.29) is 18.4 Å². The van der Waals surface area contributed by atoms with Gasteiger partial charge in [-0.1, -0.05) is 0 Å². The number of carbonyl (C=O) groups excluding carboxylic acids is 2. The number of ether oxygens (including phenoxy) is 1. The Morgan fingerprint density at radius 1 is 1.14 bits per heavy atom. The van der Waals surface area contributed by atoms with Gasteiger partial charge in [0, 0.05) is 32.2 Å². The Labute approximate surface area is 165 Å². The zero-order chi connectivity index (χ0) is 19.9. The third-order valence-corrected chi connectivity index (χ3v) is 4.93. The van der Waals surface area contributed by atoms with E-state index in [1.807, 2.05) is 16.4 Å². The molecule has 3 rings (SSSR count). The van der Waals surface area contributed by atoms with Crippen LogP contribution in [0.4, 0.5) is 0 Å². The van der Waals surface area contributed by atoms with Crippen molar-refractivity contribution in [3.63, 3.8) is 0 Å². The van der Waals surface area contributed by atoms with Crippen molar-refractivity contribution in [1.82, 2.24) is 24.6 Å². The number of likely N-dealkylation sites (tertiary alicyclic amines) is 1. The zero-order valence-corrected chi connectivity index (χ0v) is 16.5. The van der Waals surface area contributed by atoms with Gasteiger partial charge in [-0.15, -0.1) is 10.2 Å². The molecule has 1 fully saturated rings. The van der Waals surface area contributed by atoms with Crippen molar-refractivity contribution in [2.24, 2.45) is 0 Å². The molecule has 1 aliphatic heterocycles. The van der Waals surface area contributed by atoms with Gasteiger partial charge in [-0.3, -0.25) is 9.59 Å². The van der Waals surface area contributed by atoms with E-state index in [4.69, 9.17) is 4.74 Å². The van der Waals surface area contributed by atoms with Crippen LogP contribution < -0.4 is 4.74 Å². The third kappa shape index (κ3) is 4.88. The first-order chi connectivity index (χ1) is 13.6. The standard InChI is InChI=1S/C20H27N5O3/c1-3-24-15-21-22-18(24)13-23(2)20(27)16-7-9-17(10-8-16)28-14-19(26)25-11-5-4-6-12-25/h7-10,15H,3-6,11-14H2,1-2H3. The maximum absolute atomic E-state index is 12.6. The van der Waals surface area contributed by atoms with E-state index in [1.54, 1.807) is 42.5 Å². The van der Waals surface area contributed by atoms with Gasteiger partial charge in [-0.05, 0) is 50.5 Å². The van der Waals surface area contributed by atoms with Crippen molar-refractivity contribution < 1.29 is 14.3 Å². The third-order valence-electron chi connectivity index (χ3n) is 4.93. The van der Waals surface area contributed by atoms with Crippen molar-refractivity contribution in [2.45, 2.75) is 39.3 Å². The molecule has 1 aromatic heterocycles. The lowest BCUT2D eigenvalue weighted by molar-refractivity contribution is -0.134. The smallest absolute Gasteiger partial charge is 0.260 e. The first-order valence-electron chi connectivity index (χ1n) is 9.71. The molecule has 150 valence electrons. The van der Waals surface area contributed by atoms with Crippen molar-refractivity contribution in [2.75, 3.05) is 26.7 Å². The number of aryl methyl sites for hydroxylation is 1. The number of nitrogens with zero attached hydrogens (tertiary/aromatic N) is 5. The molecule has 1 aliphatic rings. The Balaban J connectivity index is 1.52. The molecule has 0 radical (unpaired) electrons. The van der Waals surface area contributed by atoms with E-state index < -0.39 is 0 Å². The van der Waals surface area contributed by atoms with Crippen LogP contribution in [-0.4, -0.2) is 63.1 Å². The van der Waals surface area contributed by atoms with Crippen LogP contribution >= 0.6 is 0 Å². The second-order valence-corrected chi connectivity index (χ2v) is 6.95. The molecule has 8 heteroatoms. The van der Waals surface area contributed by atoms with Crippen molar-refractivity contribution >= 4 is 11.8 Å². The zero-order valence-electron chi connectivity index (χ0n) is 16.5. The second-order valence-electron chi connectivity index (χ2n) is 6.95. The summed E-state index contributed by atoms with van der Waals surface area (Å²) in [6.45, 7) is 4.80. The summed E-state index contributed by atoms with van der Waals surface area (Å²) in [5, 5.41) is 7.95. The molecule has 2 heterocycles. The number of rotatable bonds is 7. The highest BCUT2D eigenvalue weighted by Gasteiger charge is 2.17. The molecule has 0 aliphatic carbocycles. The SMILES string of the molecule is CCn1cnnc1CN(C)C(=O)c1ccc(OCC(=O)N2CCCCC2)cc1. The van der Waals surface area contributed by atoms with E-state index in [9.17, 15) is 9.59 Å². The minimum Gasteiger partial charge on any atom is -0.484 e. The van der Waals surface area contributed by atoms with Gasteiger partial charge in [0.15, 0.2) is 12.4 Å². The highest BCUT2D eigenvalue weighted by Crippen LogP contribution is 2.15. The summed E-state index contributed by atoms with van der Waals surface area (Å²) in [7, 11) is 1.73. The number of benzene rings is 1. The molecule has 0 bridgehead atoms. The Morgan fingerprint density at radius 2 is 1.86 bits per heavy atom. The van der Waals surface area contributed by atoms with Gasteiger partial charge < -0.3 is 19.1 Å². The number of amides is 2. The van der Waals surface area contributed by atoms with Crippen molar-refractivity contribution in [3.05, 3.63) is 42.0 Å². The molecule has 2 aromatic rings. The number of hydrogen-bond donors (Lipinski definition) is 0. The quantitative estimate of drug-likeness (QED) is 0.728. The molecule has 1 aromatic carbocycles. The first kappa shape index (κ1) is 19.9. The Bertz CT molecular complexity index is 796. The summed E-state index contributed by atoms with van der Waals surface area (Å²) in [4.78, 5) is 28.2. The molecule has 0 N–H and O–H groups in total. The topological polar surface area (TPSA) is 80.6 Å². The van der Waals surface area contributed by atoms with Crippen LogP contribution in [0.15, 0.2) is 30.6 Å². The maximum Gasteiger partial charge on any atom is 0.260 e. The summed E-state index contributed by atoms with van der Waals surface area (Å²) in [6, 6.07) is 6.87. The van der Waals surface area contributed by atoms with Crippen LogP contribution in [-0.2, 0) is 17.9 Å². The Morgan fingerprint density at radius 3 is 2.54 bits per heavy atom. The van der Waals surface area contributed by atoms with Gasteiger partial charge >= 0.3 is 0 Å². The highest BCUT2D eigenvalue weighted by atomic mass is 16.5. The molecule has 8 nitrogen and oxygen atoms in total. The van der Waals surface area contributed by atoms with E-state index >= 15 is 0 Å². The van der Waals surface area contributed by atoms with Gasteiger partial charge in [0.2, 0.25) is 0 Å². The van der Waals surface area contributed by atoms with Gasteiger partial charge in [0.1, 0.15) is 12.1 Å². The van der Waals surface area contributed by atoms with E-state index in [1.165, 1.54) is 6.42 Å². The fourth-order valence-corrected chi connectivity index (χ4v) is 3.24. The van der Waals surface area contributed by atoms with E-state index in [0.29, 0.717) is 17.9 Å². The second kappa shape index (κ2) is 9.34. The number of hydrogen-bond acceptors (Lipinski definition) is 5. The average molecular weight is 385 g/mol. The van der Waals surface area contributed by atoms with Crippen molar-refractivity contribution in [1.29, 1.82) is 0 Å². The Kier molecular flexibility index (Phi) is 6.62. The largest absolute Gasteiger partial charge is 0.484 e. The van der Waals surface area contributed by atoms with Gasteiger partial charge in [-0.25, -0.2) is 0 Å². The fraction of sp³-hybridized carbons (Fsp3) is 0.500. The molecular formula is C20H27N5O3. The van der Waals surface area contributed by atoms with Crippen LogP contribution in [0.2, 0.25) is 0 Å². The van der Waals surface area contributed by atoms with Crippen LogP contribution in [0.1, 0.15) is 42.4 Å². The first-order valence-corrected chi connectivity index (χ1v) is 9.71. The summed E-state index contributed by atoms with van der Waals surface area (Å²) in [5.74, 6) is 1.23. The van der Waals surface area contributed by atoms with Gasteiger partial charge in [0.05, 0.1) is 6.54 Å². The predicted molar refractivity (Wildman–Crippen MR) is 104 cm³/mol. The van der Waals surface area contributed by atoms with Gasteiger partial charge in [-0.2, -0.15) is 0 Å². The molecule has 2 amide bonds. The molecule has 0 atom stereocenters.